The molecule has 0 radical (unpaired) electrons. The van der Waals surface area contributed by atoms with Crippen molar-refractivity contribution >= 4 is 35.2 Å². The van der Waals surface area contributed by atoms with E-state index in [1.165, 1.54) is 23.5 Å². The number of nitrogens with one attached hydrogen (secondary N) is 2. The molecule has 164 valence electrons. The largest absolute Gasteiger partial charge is 0.497 e. The van der Waals surface area contributed by atoms with Crippen molar-refractivity contribution in [3.8, 4) is 5.75 Å². The first-order valence-electron chi connectivity index (χ1n) is 9.52. The van der Waals surface area contributed by atoms with Crippen LogP contribution in [0, 0.1) is 6.92 Å². The van der Waals surface area contributed by atoms with Crippen LogP contribution >= 0.6 is 23.5 Å². The molecule has 3 aromatic heterocycles. The number of rotatable bonds is 8. The van der Waals surface area contributed by atoms with Crippen molar-refractivity contribution in [2.75, 3.05) is 12.4 Å². The van der Waals surface area contributed by atoms with Gasteiger partial charge in [-0.1, -0.05) is 11.8 Å². The molecule has 0 fully saturated rings. The second kappa shape index (κ2) is 9.83. The number of carbonyl (C=O) groups excluding carboxylic acids is 1. The molecule has 4 rings (SSSR count). The van der Waals surface area contributed by atoms with Gasteiger partial charge in [0.1, 0.15) is 21.6 Å². The first-order chi connectivity index (χ1) is 15.5. The van der Waals surface area contributed by atoms with Gasteiger partial charge >= 0.3 is 0 Å². The number of ether oxygens (including phenoxy) is 1. The minimum absolute atomic E-state index is 0.0451. The Hall–Kier alpha value is -3.38. The minimum atomic E-state index is -0.231. The van der Waals surface area contributed by atoms with Crippen LogP contribution in [0.15, 0.2) is 62.8 Å². The molecule has 1 amide bonds. The number of amides is 1. The van der Waals surface area contributed by atoms with Gasteiger partial charge in [-0.2, -0.15) is 5.10 Å². The summed E-state index contributed by atoms with van der Waals surface area (Å²) in [6.07, 6.45) is 3.46. The molecule has 0 atom stereocenters. The van der Waals surface area contributed by atoms with E-state index in [0.717, 1.165) is 10.6 Å². The van der Waals surface area contributed by atoms with Crippen molar-refractivity contribution < 1.29 is 9.53 Å². The zero-order valence-corrected chi connectivity index (χ0v) is 19.2. The molecule has 32 heavy (non-hydrogen) atoms. The lowest BCUT2D eigenvalue weighted by atomic mass is 10.3. The van der Waals surface area contributed by atoms with Crippen molar-refractivity contribution in [1.29, 1.82) is 0 Å². The molecule has 0 saturated heterocycles. The lowest BCUT2D eigenvalue weighted by Crippen LogP contribution is -2.17. The molecule has 0 aliphatic heterocycles. The highest BCUT2D eigenvalue weighted by atomic mass is 32.2. The number of nitrogens with zero attached hydrogens (tertiary/aromatic N) is 6. The molecular weight excluding hydrogens is 448 g/mol. The zero-order chi connectivity index (χ0) is 22.5. The number of hydrogen-bond acceptors (Lipinski definition) is 9. The molecule has 2 N–H and O–H groups in total. The van der Waals surface area contributed by atoms with Gasteiger partial charge in [0.05, 0.1) is 25.4 Å². The summed E-state index contributed by atoms with van der Waals surface area (Å²) >= 11 is 2.71. The zero-order valence-electron chi connectivity index (χ0n) is 17.6. The summed E-state index contributed by atoms with van der Waals surface area (Å²) in [7, 11) is 3.41. The summed E-state index contributed by atoms with van der Waals surface area (Å²) < 4.78 is 6.83. The van der Waals surface area contributed by atoms with Crippen LogP contribution in [0.25, 0.3) is 0 Å². The fourth-order valence-corrected chi connectivity index (χ4v) is 4.24. The van der Waals surface area contributed by atoms with Crippen molar-refractivity contribution in [3.05, 3.63) is 54.2 Å². The molecule has 0 saturated carbocycles. The molecule has 4 aromatic rings. The lowest BCUT2D eigenvalue weighted by Gasteiger charge is -2.09. The molecule has 10 nitrogen and oxygen atoms in total. The van der Waals surface area contributed by atoms with Gasteiger partial charge in [0.2, 0.25) is 11.1 Å². The predicted molar refractivity (Wildman–Crippen MR) is 120 cm³/mol. The van der Waals surface area contributed by atoms with Crippen LogP contribution in [0.5, 0.6) is 5.75 Å². The maximum Gasteiger partial charge on any atom is 0.231 e. The fourth-order valence-electron chi connectivity index (χ4n) is 2.69. The standard InChI is InChI=1S/C20H20N8O2S2/c1-12-22-20(26-25-12)32-18-11-21-19(31-14-6-4-13(30-3)5-7-14)15(23-18)10-17(29)24-16-8-9-28(2)27-16/h4-9,11H,10H2,1-3H3,(H,22,25,26)(H,24,27,29). The van der Waals surface area contributed by atoms with Gasteiger partial charge < -0.3 is 10.1 Å². The SMILES string of the molecule is COc1ccc(Sc2ncc(Sc3n[nH]c(C)n3)nc2CC(=O)Nc2ccn(C)n2)cc1. The van der Waals surface area contributed by atoms with E-state index in [0.29, 0.717) is 32.5 Å². The average Bonchev–Trinajstić information content (AvgIpc) is 3.37. The maximum atomic E-state index is 12.7. The van der Waals surface area contributed by atoms with E-state index in [1.54, 1.807) is 37.3 Å². The van der Waals surface area contributed by atoms with Crippen LogP contribution in [-0.2, 0) is 18.3 Å². The van der Waals surface area contributed by atoms with Crippen LogP contribution < -0.4 is 10.1 Å². The molecule has 3 heterocycles. The molecule has 12 heteroatoms. The Bertz CT molecular complexity index is 1220. The second-order valence-corrected chi connectivity index (χ2v) is 8.69. The van der Waals surface area contributed by atoms with Gasteiger partial charge in [0, 0.05) is 24.2 Å². The van der Waals surface area contributed by atoms with E-state index in [-0.39, 0.29) is 12.3 Å². The summed E-state index contributed by atoms with van der Waals surface area (Å²) in [6, 6.07) is 9.34. The highest BCUT2D eigenvalue weighted by Crippen LogP contribution is 2.32. The van der Waals surface area contributed by atoms with E-state index in [1.807, 2.05) is 31.2 Å². The fraction of sp³-hybridized carbons (Fsp3) is 0.200. The molecule has 0 aliphatic carbocycles. The third-order valence-corrected chi connectivity index (χ3v) is 5.95. The average molecular weight is 469 g/mol. The molecule has 1 aromatic carbocycles. The normalized spacial score (nSPS) is 10.8. The van der Waals surface area contributed by atoms with E-state index in [9.17, 15) is 4.79 Å². The first-order valence-corrected chi connectivity index (χ1v) is 11.2. The Balaban J connectivity index is 1.57. The number of benzene rings is 1. The van der Waals surface area contributed by atoms with Crippen LogP contribution in [-0.4, -0.2) is 47.9 Å². The number of aryl methyl sites for hydroxylation is 2. The summed E-state index contributed by atoms with van der Waals surface area (Å²) in [6.45, 7) is 1.82. The van der Waals surface area contributed by atoms with E-state index in [4.69, 9.17) is 4.74 Å². The number of H-pyrrole nitrogens is 1. The second-order valence-electron chi connectivity index (χ2n) is 6.64. The molecule has 0 unspecified atom stereocenters. The Labute approximate surface area is 192 Å². The predicted octanol–water partition coefficient (Wildman–Crippen LogP) is 3.13. The van der Waals surface area contributed by atoms with Crippen LogP contribution in [0.1, 0.15) is 11.5 Å². The van der Waals surface area contributed by atoms with E-state index < -0.39 is 0 Å². The Morgan fingerprint density at radius 1 is 1.19 bits per heavy atom. The third-order valence-electron chi connectivity index (χ3n) is 4.14. The summed E-state index contributed by atoms with van der Waals surface area (Å²) in [5.74, 6) is 1.73. The quantitative estimate of drug-likeness (QED) is 0.401. The molecule has 0 spiro atoms. The minimum Gasteiger partial charge on any atom is -0.497 e. The number of hydrogen-bond donors (Lipinski definition) is 2. The highest BCUT2D eigenvalue weighted by Gasteiger charge is 2.16. The number of aromatic amines is 1. The smallest absolute Gasteiger partial charge is 0.231 e. The summed E-state index contributed by atoms with van der Waals surface area (Å²) in [5.41, 5.74) is 0.552. The van der Waals surface area contributed by atoms with E-state index >= 15 is 0 Å². The van der Waals surface area contributed by atoms with Gasteiger partial charge in [-0.3, -0.25) is 14.6 Å². The van der Waals surface area contributed by atoms with Gasteiger partial charge in [-0.25, -0.2) is 15.0 Å². The van der Waals surface area contributed by atoms with Crippen molar-refractivity contribution in [1.82, 2.24) is 34.9 Å². The van der Waals surface area contributed by atoms with Gasteiger partial charge in [-0.05, 0) is 43.0 Å². The van der Waals surface area contributed by atoms with Crippen molar-refractivity contribution in [2.24, 2.45) is 7.05 Å². The monoisotopic (exact) mass is 468 g/mol. The number of aromatic nitrogens is 7. The summed E-state index contributed by atoms with van der Waals surface area (Å²) in [5, 5.41) is 15.7. The molecule has 0 aliphatic rings. The first kappa shape index (κ1) is 21.8. The van der Waals surface area contributed by atoms with Crippen molar-refractivity contribution in [3.63, 3.8) is 0 Å². The lowest BCUT2D eigenvalue weighted by molar-refractivity contribution is -0.115. The molecular formula is C20H20N8O2S2. The van der Waals surface area contributed by atoms with Gasteiger partial charge in [-0.15, -0.1) is 5.10 Å². The summed E-state index contributed by atoms with van der Waals surface area (Å²) in [4.78, 5) is 27.1. The number of anilines is 1. The Kier molecular flexibility index (Phi) is 6.71. The Morgan fingerprint density at radius 2 is 2.00 bits per heavy atom. The van der Waals surface area contributed by atoms with Crippen molar-refractivity contribution in [2.45, 2.75) is 33.4 Å². The number of carbonyl (C=O) groups is 1. The van der Waals surface area contributed by atoms with Crippen LogP contribution in [0.3, 0.4) is 0 Å². The maximum absolute atomic E-state index is 12.7. The van der Waals surface area contributed by atoms with Gasteiger partial charge in [0.25, 0.3) is 0 Å². The third kappa shape index (κ3) is 5.65. The van der Waals surface area contributed by atoms with E-state index in [2.05, 4.69) is 35.6 Å². The highest BCUT2D eigenvalue weighted by molar-refractivity contribution is 7.99. The van der Waals surface area contributed by atoms with Crippen LogP contribution in [0.4, 0.5) is 5.82 Å². The van der Waals surface area contributed by atoms with Gasteiger partial charge in [0.15, 0.2) is 5.82 Å². The Morgan fingerprint density at radius 3 is 2.66 bits per heavy atom. The molecule has 0 bridgehead atoms. The van der Waals surface area contributed by atoms with Crippen LogP contribution in [0.2, 0.25) is 0 Å². The number of methoxy groups -OCH3 is 1. The topological polar surface area (TPSA) is 124 Å².